The lowest BCUT2D eigenvalue weighted by Gasteiger charge is -2.38. The third kappa shape index (κ3) is 3.07. The normalized spacial score (nSPS) is 19.7. The second-order valence-electron chi connectivity index (χ2n) is 6.82. The van der Waals surface area contributed by atoms with E-state index in [4.69, 9.17) is 9.41 Å². The van der Waals surface area contributed by atoms with Crippen LogP contribution in [0.15, 0.2) is 33.2 Å². The van der Waals surface area contributed by atoms with E-state index in [0.29, 0.717) is 17.9 Å². The molecule has 1 spiro atoms. The first-order chi connectivity index (χ1) is 11.8. The van der Waals surface area contributed by atoms with Crippen molar-refractivity contribution in [1.82, 2.24) is 15.2 Å². The zero-order chi connectivity index (χ0) is 16.4. The van der Waals surface area contributed by atoms with Crippen molar-refractivity contribution in [3.63, 3.8) is 0 Å². The van der Waals surface area contributed by atoms with Gasteiger partial charge >= 0.3 is 0 Å². The Kier molecular flexibility index (Phi) is 4.31. The van der Waals surface area contributed by atoms with Gasteiger partial charge in [0, 0.05) is 19.6 Å². The molecular formula is C18H24N4OS. The Balaban J connectivity index is 1.44. The van der Waals surface area contributed by atoms with Crippen LogP contribution in [-0.4, -0.2) is 35.5 Å². The Morgan fingerprint density at radius 3 is 3.04 bits per heavy atom. The SMILES string of the molecule is CCNC(=NCc1coc(-c2cccs2)n1)N1CCC2(CCC2)C1. The molecule has 1 aliphatic heterocycles. The molecule has 1 aliphatic carbocycles. The second-order valence-corrected chi connectivity index (χ2v) is 7.76. The number of hydrogen-bond acceptors (Lipinski definition) is 4. The second kappa shape index (κ2) is 6.59. The number of nitrogens with one attached hydrogen (secondary N) is 1. The van der Waals surface area contributed by atoms with Crippen molar-refractivity contribution in [3.8, 4) is 10.8 Å². The van der Waals surface area contributed by atoms with Crippen molar-refractivity contribution in [2.75, 3.05) is 19.6 Å². The van der Waals surface area contributed by atoms with E-state index in [1.54, 1.807) is 17.6 Å². The number of guanidine groups is 1. The number of rotatable bonds is 4. The minimum Gasteiger partial charge on any atom is -0.443 e. The molecule has 2 aromatic heterocycles. The first-order valence-electron chi connectivity index (χ1n) is 8.80. The summed E-state index contributed by atoms with van der Waals surface area (Å²) in [5.41, 5.74) is 1.46. The smallest absolute Gasteiger partial charge is 0.236 e. The summed E-state index contributed by atoms with van der Waals surface area (Å²) >= 11 is 1.64. The molecule has 2 fully saturated rings. The van der Waals surface area contributed by atoms with Crippen LogP contribution in [0, 0.1) is 5.41 Å². The summed E-state index contributed by atoms with van der Waals surface area (Å²) in [5.74, 6) is 1.71. The highest BCUT2D eigenvalue weighted by molar-refractivity contribution is 7.13. The van der Waals surface area contributed by atoms with Gasteiger partial charge in [0.1, 0.15) is 12.0 Å². The summed E-state index contributed by atoms with van der Waals surface area (Å²) in [4.78, 5) is 12.8. The van der Waals surface area contributed by atoms with E-state index < -0.39 is 0 Å². The summed E-state index contributed by atoms with van der Waals surface area (Å²) < 4.78 is 5.58. The van der Waals surface area contributed by atoms with Crippen molar-refractivity contribution in [2.45, 2.75) is 39.2 Å². The molecule has 0 bridgehead atoms. The van der Waals surface area contributed by atoms with Gasteiger partial charge in [0.2, 0.25) is 5.89 Å². The number of oxazole rings is 1. The van der Waals surface area contributed by atoms with Crippen molar-refractivity contribution in [3.05, 3.63) is 29.5 Å². The first-order valence-corrected chi connectivity index (χ1v) is 9.67. The Hall–Kier alpha value is -1.82. The highest BCUT2D eigenvalue weighted by Crippen LogP contribution is 2.47. The molecule has 24 heavy (non-hydrogen) atoms. The fourth-order valence-corrected chi connectivity index (χ4v) is 4.33. The summed E-state index contributed by atoms with van der Waals surface area (Å²) in [7, 11) is 0. The monoisotopic (exact) mass is 344 g/mol. The van der Waals surface area contributed by atoms with Crippen LogP contribution in [0.25, 0.3) is 10.8 Å². The standard InChI is InChI=1S/C18H24N4OS/c1-2-19-17(22-9-8-18(13-22)6-4-7-18)20-11-14-12-23-16(21-14)15-5-3-10-24-15/h3,5,10,12H,2,4,6-9,11,13H2,1H3,(H,19,20). The van der Waals surface area contributed by atoms with Crippen molar-refractivity contribution in [1.29, 1.82) is 0 Å². The molecule has 0 unspecified atom stereocenters. The molecule has 0 atom stereocenters. The van der Waals surface area contributed by atoms with Crippen LogP contribution in [-0.2, 0) is 6.54 Å². The van der Waals surface area contributed by atoms with Crippen molar-refractivity contribution < 1.29 is 4.42 Å². The van der Waals surface area contributed by atoms with Gasteiger partial charge in [0.15, 0.2) is 5.96 Å². The Bertz CT molecular complexity index is 702. The number of thiophene rings is 1. The molecule has 1 saturated carbocycles. The Morgan fingerprint density at radius 2 is 2.38 bits per heavy atom. The van der Waals surface area contributed by atoms with E-state index in [1.807, 2.05) is 17.5 Å². The maximum Gasteiger partial charge on any atom is 0.236 e. The molecular weight excluding hydrogens is 320 g/mol. The van der Waals surface area contributed by atoms with Gasteiger partial charge in [0.05, 0.1) is 11.4 Å². The molecule has 4 rings (SSSR count). The third-order valence-corrected chi connectivity index (χ3v) is 6.02. The summed E-state index contributed by atoms with van der Waals surface area (Å²) in [5, 5.41) is 5.47. The van der Waals surface area contributed by atoms with E-state index >= 15 is 0 Å². The third-order valence-electron chi connectivity index (χ3n) is 5.16. The molecule has 128 valence electrons. The van der Waals surface area contributed by atoms with Gasteiger partial charge in [-0.1, -0.05) is 12.5 Å². The van der Waals surface area contributed by atoms with Crippen LogP contribution in [0.2, 0.25) is 0 Å². The van der Waals surface area contributed by atoms with Crippen LogP contribution >= 0.6 is 11.3 Å². The highest BCUT2D eigenvalue weighted by atomic mass is 32.1. The van der Waals surface area contributed by atoms with Gasteiger partial charge < -0.3 is 14.6 Å². The summed E-state index contributed by atoms with van der Waals surface area (Å²) in [6.07, 6.45) is 7.20. The quantitative estimate of drug-likeness (QED) is 0.678. The maximum absolute atomic E-state index is 5.58. The first kappa shape index (κ1) is 15.7. The van der Waals surface area contributed by atoms with Gasteiger partial charge in [-0.05, 0) is 43.0 Å². The number of hydrogen-bond donors (Lipinski definition) is 1. The molecule has 1 saturated heterocycles. The largest absolute Gasteiger partial charge is 0.443 e. The van der Waals surface area contributed by atoms with Crippen LogP contribution < -0.4 is 5.32 Å². The lowest BCUT2D eigenvalue weighted by Crippen LogP contribution is -2.42. The summed E-state index contributed by atoms with van der Waals surface area (Å²) in [6.45, 7) is 5.83. The predicted molar refractivity (Wildman–Crippen MR) is 97.1 cm³/mol. The predicted octanol–water partition coefficient (Wildman–Crippen LogP) is 3.74. The van der Waals surface area contributed by atoms with Gasteiger partial charge in [-0.2, -0.15) is 0 Å². The molecule has 1 N–H and O–H groups in total. The topological polar surface area (TPSA) is 53.7 Å². The molecule has 3 heterocycles. The minimum absolute atomic E-state index is 0.556. The van der Waals surface area contributed by atoms with E-state index in [0.717, 1.165) is 36.2 Å². The fourth-order valence-electron chi connectivity index (χ4n) is 3.68. The Morgan fingerprint density at radius 1 is 1.46 bits per heavy atom. The maximum atomic E-state index is 5.58. The van der Waals surface area contributed by atoms with E-state index in [-0.39, 0.29) is 0 Å². The lowest BCUT2D eigenvalue weighted by atomic mass is 9.68. The average molecular weight is 344 g/mol. The molecule has 2 aliphatic rings. The average Bonchev–Trinajstić information content (AvgIpc) is 3.30. The van der Waals surface area contributed by atoms with Gasteiger partial charge in [-0.3, -0.25) is 0 Å². The Labute approximate surface area is 146 Å². The fraction of sp³-hybridized carbons (Fsp3) is 0.556. The zero-order valence-electron chi connectivity index (χ0n) is 14.1. The lowest BCUT2D eigenvalue weighted by molar-refractivity contribution is 0.151. The highest BCUT2D eigenvalue weighted by Gasteiger charge is 2.43. The molecule has 0 amide bonds. The van der Waals surface area contributed by atoms with Gasteiger partial charge in [-0.25, -0.2) is 9.98 Å². The van der Waals surface area contributed by atoms with E-state index in [1.165, 1.54) is 25.7 Å². The van der Waals surface area contributed by atoms with E-state index in [9.17, 15) is 0 Å². The van der Waals surface area contributed by atoms with Crippen LogP contribution in [0.5, 0.6) is 0 Å². The van der Waals surface area contributed by atoms with E-state index in [2.05, 4.69) is 22.1 Å². The van der Waals surface area contributed by atoms with Crippen molar-refractivity contribution in [2.24, 2.45) is 10.4 Å². The minimum atomic E-state index is 0.556. The molecule has 0 radical (unpaired) electrons. The summed E-state index contributed by atoms with van der Waals surface area (Å²) in [6, 6.07) is 4.03. The molecule has 6 heteroatoms. The van der Waals surface area contributed by atoms with Crippen LogP contribution in [0.4, 0.5) is 0 Å². The molecule has 0 aromatic carbocycles. The van der Waals surface area contributed by atoms with Crippen LogP contribution in [0.1, 0.15) is 38.3 Å². The molecule has 5 nitrogen and oxygen atoms in total. The van der Waals surface area contributed by atoms with Gasteiger partial charge in [0.25, 0.3) is 0 Å². The number of aromatic nitrogens is 1. The molecule has 2 aromatic rings. The van der Waals surface area contributed by atoms with Crippen molar-refractivity contribution >= 4 is 17.3 Å². The van der Waals surface area contributed by atoms with Gasteiger partial charge in [-0.15, -0.1) is 11.3 Å². The van der Waals surface area contributed by atoms with Crippen LogP contribution in [0.3, 0.4) is 0 Å². The number of likely N-dealkylation sites (tertiary alicyclic amines) is 1. The number of aliphatic imine (C=N–C) groups is 1. The zero-order valence-corrected chi connectivity index (χ0v) is 14.9. The number of nitrogens with zero attached hydrogens (tertiary/aromatic N) is 3.